The van der Waals surface area contributed by atoms with Crippen molar-refractivity contribution >= 4 is 0 Å². The summed E-state index contributed by atoms with van der Waals surface area (Å²) >= 11 is 0. The van der Waals surface area contributed by atoms with E-state index in [0.717, 1.165) is 24.3 Å². The molecule has 0 N–H and O–H groups in total. The van der Waals surface area contributed by atoms with Gasteiger partial charge in [-0.3, -0.25) is 0 Å². The van der Waals surface area contributed by atoms with Crippen LogP contribution in [-0.2, 0) is 0 Å². The highest BCUT2D eigenvalue weighted by molar-refractivity contribution is 5.28. The summed E-state index contributed by atoms with van der Waals surface area (Å²) in [6.07, 6.45) is 0.997. The minimum atomic E-state index is -0.129. The number of nitrogens with zero attached hydrogens (tertiary/aromatic N) is 3. The second-order valence-electron chi connectivity index (χ2n) is 3.30. The average Bonchev–Trinajstić information content (AvgIpc) is 2.27. The molecule has 0 heterocycles. The van der Waals surface area contributed by atoms with Crippen molar-refractivity contribution in [3.63, 3.8) is 0 Å². The molecule has 1 aromatic carbocycles. The quantitative estimate of drug-likeness (QED) is 0.409. The minimum absolute atomic E-state index is 0.129. The Labute approximate surface area is 89.5 Å². The molecule has 4 heteroatoms. The Morgan fingerprint density at radius 2 is 2.07 bits per heavy atom. The Morgan fingerprint density at radius 1 is 1.40 bits per heavy atom. The van der Waals surface area contributed by atoms with Crippen LogP contribution in [0.2, 0.25) is 0 Å². The van der Waals surface area contributed by atoms with Crippen LogP contribution in [0.15, 0.2) is 29.4 Å². The van der Waals surface area contributed by atoms with Crippen LogP contribution in [0.5, 0.6) is 5.75 Å². The predicted molar refractivity (Wildman–Crippen MR) is 59.8 cm³/mol. The van der Waals surface area contributed by atoms with Crippen LogP contribution in [0.1, 0.15) is 31.9 Å². The first-order valence-corrected chi connectivity index (χ1v) is 5.05. The molecule has 1 rings (SSSR count). The van der Waals surface area contributed by atoms with Gasteiger partial charge < -0.3 is 4.74 Å². The molecule has 4 nitrogen and oxygen atoms in total. The third kappa shape index (κ3) is 3.52. The van der Waals surface area contributed by atoms with Gasteiger partial charge in [-0.15, -0.1) is 0 Å². The van der Waals surface area contributed by atoms with Crippen LogP contribution < -0.4 is 4.74 Å². The molecule has 80 valence electrons. The van der Waals surface area contributed by atoms with Crippen molar-refractivity contribution < 1.29 is 4.74 Å². The molecule has 15 heavy (non-hydrogen) atoms. The van der Waals surface area contributed by atoms with Gasteiger partial charge in [0.15, 0.2) is 0 Å². The van der Waals surface area contributed by atoms with Gasteiger partial charge in [0.05, 0.1) is 12.6 Å². The fourth-order valence-electron chi connectivity index (χ4n) is 1.21. The molecule has 1 aromatic rings. The smallest absolute Gasteiger partial charge is 0.119 e. The van der Waals surface area contributed by atoms with Crippen LogP contribution in [0, 0.1) is 0 Å². The SMILES string of the molecule is CCCOc1ccc([C@H](C)N=[N+]=[N-])cc1. The summed E-state index contributed by atoms with van der Waals surface area (Å²) in [6.45, 7) is 4.66. The van der Waals surface area contributed by atoms with Gasteiger partial charge in [0.1, 0.15) is 5.75 Å². The van der Waals surface area contributed by atoms with Crippen molar-refractivity contribution in [1.29, 1.82) is 0 Å². The molecule has 0 saturated heterocycles. The monoisotopic (exact) mass is 205 g/mol. The van der Waals surface area contributed by atoms with Crippen molar-refractivity contribution in [3.05, 3.63) is 40.3 Å². The Morgan fingerprint density at radius 3 is 2.60 bits per heavy atom. The van der Waals surface area contributed by atoms with Gasteiger partial charge in [-0.25, -0.2) is 0 Å². The van der Waals surface area contributed by atoms with E-state index < -0.39 is 0 Å². The third-order valence-corrected chi connectivity index (χ3v) is 2.06. The normalized spacial score (nSPS) is 11.6. The highest BCUT2D eigenvalue weighted by Gasteiger charge is 2.02. The Kier molecular flexibility index (Phi) is 4.51. The average molecular weight is 205 g/mol. The van der Waals surface area contributed by atoms with Crippen LogP contribution in [0.4, 0.5) is 0 Å². The summed E-state index contributed by atoms with van der Waals surface area (Å²) in [5.41, 5.74) is 9.30. The van der Waals surface area contributed by atoms with Gasteiger partial charge in [0.2, 0.25) is 0 Å². The molecule has 0 spiro atoms. The maximum atomic E-state index is 8.30. The number of ether oxygens (including phenoxy) is 1. The molecule has 0 aliphatic carbocycles. The lowest BCUT2D eigenvalue weighted by molar-refractivity contribution is 0.317. The molecule has 0 aliphatic rings. The van der Waals surface area contributed by atoms with E-state index >= 15 is 0 Å². The molecule has 0 bridgehead atoms. The van der Waals surface area contributed by atoms with E-state index in [9.17, 15) is 0 Å². The van der Waals surface area contributed by atoms with Crippen LogP contribution in [0.3, 0.4) is 0 Å². The van der Waals surface area contributed by atoms with E-state index in [1.807, 2.05) is 31.2 Å². The second kappa shape index (κ2) is 5.94. The largest absolute Gasteiger partial charge is 0.494 e. The van der Waals surface area contributed by atoms with Crippen molar-refractivity contribution in [2.24, 2.45) is 5.11 Å². The zero-order valence-corrected chi connectivity index (χ0v) is 9.05. The minimum Gasteiger partial charge on any atom is -0.494 e. The number of rotatable bonds is 5. The lowest BCUT2D eigenvalue weighted by atomic mass is 10.1. The maximum Gasteiger partial charge on any atom is 0.119 e. The number of benzene rings is 1. The van der Waals surface area contributed by atoms with Gasteiger partial charge >= 0.3 is 0 Å². The summed E-state index contributed by atoms with van der Waals surface area (Å²) in [5.74, 6) is 0.855. The summed E-state index contributed by atoms with van der Waals surface area (Å²) in [5, 5.41) is 3.63. The van der Waals surface area contributed by atoms with Crippen LogP contribution in [0.25, 0.3) is 10.4 Å². The van der Waals surface area contributed by atoms with Crippen molar-refractivity contribution in [1.82, 2.24) is 0 Å². The molecule has 0 amide bonds. The predicted octanol–water partition coefficient (Wildman–Crippen LogP) is 3.85. The number of hydrogen-bond donors (Lipinski definition) is 0. The molecular formula is C11H15N3O. The van der Waals surface area contributed by atoms with Gasteiger partial charge in [-0.2, -0.15) is 0 Å². The summed E-state index contributed by atoms with van der Waals surface area (Å²) in [6, 6.07) is 7.51. The highest BCUT2D eigenvalue weighted by Crippen LogP contribution is 2.20. The van der Waals surface area contributed by atoms with E-state index in [0.29, 0.717) is 0 Å². The van der Waals surface area contributed by atoms with Crippen molar-refractivity contribution in [3.8, 4) is 5.75 Å². The first-order valence-electron chi connectivity index (χ1n) is 5.05. The highest BCUT2D eigenvalue weighted by atomic mass is 16.5. The maximum absolute atomic E-state index is 8.30. The summed E-state index contributed by atoms with van der Waals surface area (Å²) in [4.78, 5) is 2.78. The van der Waals surface area contributed by atoms with Crippen molar-refractivity contribution in [2.75, 3.05) is 6.61 Å². The topological polar surface area (TPSA) is 58.0 Å². The first kappa shape index (κ1) is 11.4. The van der Waals surface area contributed by atoms with Gasteiger partial charge in [0.25, 0.3) is 0 Å². The molecule has 1 atom stereocenters. The summed E-state index contributed by atoms with van der Waals surface area (Å²) < 4.78 is 5.45. The third-order valence-electron chi connectivity index (χ3n) is 2.06. The van der Waals surface area contributed by atoms with Crippen molar-refractivity contribution in [2.45, 2.75) is 26.3 Å². The van der Waals surface area contributed by atoms with Gasteiger partial charge in [-0.1, -0.05) is 31.1 Å². The van der Waals surface area contributed by atoms with Gasteiger partial charge in [0, 0.05) is 4.91 Å². The molecule has 0 saturated carbocycles. The van der Waals surface area contributed by atoms with E-state index in [-0.39, 0.29) is 6.04 Å². The lowest BCUT2D eigenvalue weighted by Gasteiger charge is -2.07. The summed E-state index contributed by atoms with van der Waals surface area (Å²) in [7, 11) is 0. The second-order valence-corrected chi connectivity index (χ2v) is 3.30. The fraction of sp³-hybridized carbons (Fsp3) is 0.455. The molecule has 0 fully saturated rings. The standard InChI is InChI=1S/C11H15N3O/c1-3-8-15-11-6-4-10(5-7-11)9(2)13-14-12/h4-7,9H,3,8H2,1-2H3/t9-/m0/s1. The molecule has 0 aromatic heterocycles. The van der Waals surface area contributed by atoms with E-state index in [1.54, 1.807) is 0 Å². The zero-order valence-electron chi connectivity index (χ0n) is 9.05. The van der Waals surface area contributed by atoms with Gasteiger partial charge in [-0.05, 0) is 29.6 Å². The number of azide groups is 1. The molecule has 0 unspecified atom stereocenters. The fourth-order valence-corrected chi connectivity index (χ4v) is 1.21. The Hall–Kier alpha value is -1.67. The molecular weight excluding hydrogens is 190 g/mol. The Bertz CT molecular complexity index is 341. The first-order chi connectivity index (χ1) is 7.27. The lowest BCUT2D eigenvalue weighted by Crippen LogP contribution is -1.95. The molecule has 0 aliphatic heterocycles. The van der Waals surface area contributed by atoms with E-state index in [1.165, 1.54) is 0 Å². The van der Waals surface area contributed by atoms with E-state index in [2.05, 4.69) is 16.9 Å². The van der Waals surface area contributed by atoms with Crippen LogP contribution in [-0.4, -0.2) is 6.61 Å². The Balaban J connectivity index is 2.67. The number of hydrogen-bond acceptors (Lipinski definition) is 2. The zero-order chi connectivity index (χ0) is 11.1. The molecule has 0 radical (unpaired) electrons. The van der Waals surface area contributed by atoms with E-state index in [4.69, 9.17) is 10.3 Å². The van der Waals surface area contributed by atoms with Crippen LogP contribution >= 0.6 is 0 Å².